The fourth-order valence-electron chi connectivity index (χ4n) is 3.57. The maximum atomic E-state index is 13.2. The van der Waals surface area contributed by atoms with Gasteiger partial charge in [0.15, 0.2) is 0 Å². The van der Waals surface area contributed by atoms with E-state index in [2.05, 4.69) is 6.07 Å². The highest BCUT2D eigenvalue weighted by Crippen LogP contribution is 2.22. The first kappa shape index (κ1) is 20.8. The number of hydrogen-bond donors (Lipinski definition) is 0. The Morgan fingerprint density at radius 2 is 1.83 bits per heavy atom. The van der Waals surface area contributed by atoms with Gasteiger partial charge in [0, 0.05) is 30.1 Å². The molecule has 0 spiro atoms. The number of benzene rings is 1. The molecular formula is C22H24N2O4S2. The molecule has 0 unspecified atom stereocenters. The summed E-state index contributed by atoms with van der Waals surface area (Å²) in [7, 11) is -3.49. The number of amides is 1. The average Bonchev–Trinajstić information content (AvgIpc) is 3.54. The van der Waals surface area contributed by atoms with Crippen LogP contribution in [0.25, 0.3) is 0 Å². The van der Waals surface area contributed by atoms with E-state index in [4.69, 9.17) is 4.42 Å². The maximum absolute atomic E-state index is 13.2. The lowest BCUT2D eigenvalue weighted by Gasteiger charge is -2.22. The van der Waals surface area contributed by atoms with Crippen molar-refractivity contribution in [3.05, 3.63) is 76.4 Å². The Hall–Kier alpha value is -2.42. The normalized spacial score (nSPS) is 14.8. The van der Waals surface area contributed by atoms with Crippen LogP contribution >= 0.6 is 11.3 Å². The summed E-state index contributed by atoms with van der Waals surface area (Å²) >= 11 is 1.66. The Kier molecular flexibility index (Phi) is 6.36. The van der Waals surface area contributed by atoms with Crippen LogP contribution in [0.1, 0.15) is 33.8 Å². The van der Waals surface area contributed by atoms with Crippen molar-refractivity contribution in [3.8, 4) is 0 Å². The molecule has 0 aliphatic carbocycles. The van der Waals surface area contributed by atoms with Crippen molar-refractivity contribution in [3.63, 3.8) is 0 Å². The lowest BCUT2D eigenvalue weighted by atomic mass is 10.2. The third-order valence-corrected chi connectivity index (χ3v) is 8.08. The third-order valence-electron chi connectivity index (χ3n) is 5.23. The molecule has 1 aliphatic rings. The van der Waals surface area contributed by atoms with Crippen molar-refractivity contribution in [2.45, 2.75) is 30.7 Å². The van der Waals surface area contributed by atoms with E-state index in [0.717, 1.165) is 19.3 Å². The Labute approximate surface area is 180 Å². The third kappa shape index (κ3) is 4.66. The summed E-state index contributed by atoms with van der Waals surface area (Å²) in [5, 5.41) is 2.02. The summed E-state index contributed by atoms with van der Waals surface area (Å²) in [6.07, 6.45) is 4.13. The van der Waals surface area contributed by atoms with E-state index in [0.29, 0.717) is 37.5 Å². The van der Waals surface area contributed by atoms with E-state index in [9.17, 15) is 13.2 Å². The van der Waals surface area contributed by atoms with Crippen LogP contribution in [0.2, 0.25) is 0 Å². The van der Waals surface area contributed by atoms with E-state index in [-0.39, 0.29) is 10.8 Å². The second kappa shape index (κ2) is 9.16. The van der Waals surface area contributed by atoms with Crippen LogP contribution in [-0.2, 0) is 23.0 Å². The summed E-state index contributed by atoms with van der Waals surface area (Å²) in [6, 6.07) is 14.0. The molecular weight excluding hydrogens is 420 g/mol. The molecule has 1 saturated heterocycles. The Balaban J connectivity index is 1.51. The highest BCUT2D eigenvalue weighted by Gasteiger charge is 2.27. The topological polar surface area (TPSA) is 70.8 Å². The predicted octanol–water partition coefficient (Wildman–Crippen LogP) is 4.01. The number of nitrogens with zero attached hydrogens (tertiary/aromatic N) is 2. The molecule has 0 bridgehead atoms. The monoisotopic (exact) mass is 444 g/mol. The molecule has 158 valence electrons. The van der Waals surface area contributed by atoms with Crippen LogP contribution < -0.4 is 0 Å². The molecule has 1 aromatic carbocycles. The molecule has 8 heteroatoms. The molecule has 1 aliphatic heterocycles. The molecule has 30 heavy (non-hydrogen) atoms. The van der Waals surface area contributed by atoms with Gasteiger partial charge in [0.2, 0.25) is 10.0 Å². The van der Waals surface area contributed by atoms with Crippen molar-refractivity contribution in [2.75, 3.05) is 19.6 Å². The zero-order valence-electron chi connectivity index (χ0n) is 16.6. The van der Waals surface area contributed by atoms with Gasteiger partial charge in [-0.3, -0.25) is 4.79 Å². The van der Waals surface area contributed by atoms with Gasteiger partial charge >= 0.3 is 0 Å². The van der Waals surface area contributed by atoms with Gasteiger partial charge in [0.05, 0.1) is 17.7 Å². The van der Waals surface area contributed by atoms with Crippen molar-refractivity contribution in [1.82, 2.24) is 9.21 Å². The Morgan fingerprint density at radius 3 is 2.47 bits per heavy atom. The fourth-order valence-corrected chi connectivity index (χ4v) is 5.79. The maximum Gasteiger partial charge on any atom is 0.254 e. The standard InChI is InChI=1S/C22H24N2O4S2/c25-22(18-7-9-21(10-8-18)30(26,27)24-12-1-2-13-24)23(17-19-5-3-15-28-19)14-11-20-6-4-16-29-20/h3-10,15-16H,1-2,11-14,17H2. The van der Waals surface area contributed by atoms with Crippen molar-refractivity contribution >= 4 is 27.3 Å². The lowest BCUT2D eigenvalue weighted by Crippen LogP contribution is -2.32. The van der Waals surface area contributed by atoms with Crippen LogP contribution in [0.5, 0.6) is 0 Å². The molecule has 6 nitrogen and oxygen atoms in total. The van der Waals surface area contributed by atoms with E-state index >= 15 is 0 Å². The Morgan fingerprint density at radius 1 is 1.07 bits per heavy atom. The molecule has 2 aromatic heterocycles. The van der Waals surface area contributed by atoms with Gasteiger partial charge in [-0.2, -0.15) is 4.31 Å². The zero-order chi connectivity index (χ0) is 21.0. The summed E-state index contributed by atoms with van der Waals surface area (Å²) in [5.74, 6) is 0.566. The summed E-state index contributed by atoms with van der Waals surface area (Å²) in [6.45, 7) is 2.03. The number of rotatable bonds is 8. The first-order valence-corrected chi connectivity index (χ1v) is 12.3. The van der Waals surface area contributed by atoms with Crippen LogP contribution in [0.15, 0.2) is 69.5 Å². The number of sulfonamides is 1. The molecule has 4 rings (SSSR count). The predicted molar refractivity (Wildman–Crippen MR) is 116 cm³/mol. The fraction of sp³-hybridized carbons (Fsp3) is 0.318. The van der Waals surface area contributed by atoms with Gasteiger partial charge in [-0.05, 0) is 67.1 Å². The molecule has 3 aromatic rings. The highest BCUT2D eigenvalue weighted by molar-refractivity contribution is 7.89. The first-order chi connectivity index (χ1) is 14.5. The summed E-state index contributed by atoms with van der Waals surface area (Å²) in [4.78, 5) is 16.4. The first-order valence-electron chi connectivity index (χ1n) is 9.98. The number of carbonyl (C=O) groups excluding carboxylic acids is 1. The van der Waals surface area contributed by atoms with Crippen LogP contribution in [0, 0.1) is 0 Å². The quantitative estimate of drug-likeness (QED) is 0.526. The minimum Gasteiger partial charge on any atom is -0.467 e. The van der Waals surface area contributed by atoms with Crippen LogP contribution in [-0.4, -0.2) is 43.2 Å². The molecule has 0 N–H and O–H groups in total. The Bertz CT molecular complexity index is 1050. The van der Waals surface area contributed by atoms with Crippen LogP contribution in [0.3, 0.4) is 0 Å². The van der Waals surface area contributed by atoms with Crippen molar-refractivity contribution in [2.24, 2.45) is 0 Å². The van der Waals surface area contributed by atoms with E-state index in [1.807, 2.05) is 17.5 Å². The highest BCUT2D eigenvalue weighted by atomic mass is 32.2. The van der Waals surface area contributed by atoms with Gasteiger partial charge in [0.25, 0.3) is 5.91 Å². The van der Waals surface area contributed by atoms with Gasteiger partial charge < -0.3 is 9.32 Å². The minimum atomic E-state index is -3.49. The summed E-state index contributed by atoms with van der Waals surface area (Å²) < 4.78 is 32.4. The van der Waals surface area contributed by atoms with Gasteiger partial charge in [0.1, 0.15) is 5.76 Å². The van der Waals surface area contributed by atoms with E-state index in [1.54, 1.807) is 40.7 Å². The molecule has 1 amide bonds. The van der Waals surface area contributed by atoms with Gasteiger partial charge in [-0.15, -0.1) is 11.3 Å². The second-order valence-corrected chi connectivity index (χ2v) is 10.2. The minimum absolute atomic E-state index is 0.145. The number of furan rings is 1. The smallest absolute Gasteiger partial charge is 0.254 e. The number of carbonyl (C=O) groups is 1. The number of thiophene rings is 1. The van der Waals surface area contributed by atoms with Crippen LogP contribution in [0.4, 0.5) is 0 Å². The van der Waals surface area contributed by atoms with Gasteiger partial charge in [-0.1, -0.05) is 6.07 Å². The molecule has 0 radical (unpaired) electrons. The average molecular weight is 445 g/mol. The van der Waals surface area contributed by atoms with Crippen molar-refractivity contribution < 1.29 is 17.6 Å². The SMILES string of the molecule is O=C(c1ccc(S(=O)(=O)N2CCCC2)cc1)N(CCc1cccs1)Cc1ccco1. The second-order valence-electron chi connectivity index (χ2n) is 7.27. The molecule has 3 heterocycles. The largest absolute Gasteiger partial charge is 0.467 e. The molecule has 1 fully saturated rings. The lowest BCUT2D eigenvalue weighted by molar-refractivity contribution is 0.0733. The van der Waals surface area contributed by atoms with E-state index < -0.39 is 10.0 Å². The summed E-state index contributed by atoms with van der Waals surface area (Å²) in [5.41, 5.74) is 0.466. The molecule has 0 atom stereocenters. The molecule has 0 saturated carbocycles. The van der Waals surface area contributed by atoms with Gasteiger partial charge in [-0.25, -0.2) is 8.42 Å². The van der Waals surface area contributed by atoms with Crippen molar-refractivity contribution in [1.29, 1.82) is 0 Å². The zero-order valence-corrected chi connectivity index (χ0v) is 18.2. The number of hydrogen-bond acceptors (Lipinski definition) is 5. The van der Waals surface area contributed by atoms with E-state index in [1.165, 1.54) is 21.3 Å².